The molecule has 0 atom stereocenters. The van der Waals surface area contributed by atoms with E-state index in [0.29, 0.717) is 94.8 Å². The van der Waals surface area contributed by atoms with E-state index in [1.54, 1.807) is 12.1 Å². The first-order chi connectivity index (χ1) is 70.7. The number of carboxylic acid groups (broad SMARTS) is 1. The zero-order chi connectivity index (χ0) is 104. The lowest BCUT2D eigenvalue weighted by Gasteiger charge is -2.33. The highest BCUT2D eigenvalue weighted by Crippen LogP contribution is 2.45. The van der Waals surface area contributed by atoms with Crippen molar-refractivity contribution in [1.29, 1.82) is 0 Å². The average molecular weight is 2000 g/mol. The molecule has 15 aromatic rings. The summed E-state index contributed by atoms with van der Waals surface area (Å²) in [6.07, 6.45) is 18.2. The Balaban J connectivity index is 0.000000144. The van der Waals surface area contributed by atoms with Crippen LogP contribution in [-0.4, -0.2) is 167 Å². The Morgan fingerprint density at radius 3 is 0.912 bits per heavy atom. The summed E-state index contributed by atoms with van der Waals surface area (Å²) in [5.41, 5.74) is 27.2. The minimum Gasteiger partial charge on any atom is -0.475 e. The van der Waals surface area contributed by atoms with E-state index in [0.717, 1.165) is 200 Å². The number of alkyl halides is 3. The molecule has 12 heterocycles. The third-order valence-electron chi connectivity index (χ3n) is 26.3. The Kier molecular flexibility index (Phi) is 33.9. The molecule has 147 heavy (non-hydrogen) atoms. The number of amides is 4. The van der Waals surface area contributed by atoms with E-state index >= 15 is 0 Å². The number of benzene rings is 7. The summed E-state index contributed by atoms with van der Waals surface area (Å²) in [4.78, 5) is 93.7. The van der Waals surface area contributed by atoms with Crippen LogP contribution in [0.4, 0.5) is 72.2 Å². The number of nitrogen functional groups attached to an aromatic ring is 1. The molecule has 7 N–H and O–H groups in total. The van der Waals surface area contributed by atoms with Crippen LogP contribution in [0.2, 0.25) is 5.15 Å². The van der Waals surface area contributed by atoms with Crippen molar-refractivity contribution in [3.8, 4) is 78.3 Å². The lowest BCUT2D eigenvalue weighted by Crippen LogP contribution is -2.42. The molecule has 754 valence electrons. The molecule has 0 saturated carbocycles. The molecule has 29 nitrogen and oxygen atoms in total. The van der Waals surface area contributed by atoms with E-state index in [9.17, 15) is 32.3 Å². The van der Waals surface area contributed by atoms with Gasteiger partial charge in [-0.15, -0.1) is 0 Å². The number of methoxy groups -OCH3 is 2. The fourth-order valence-corrected chi connectivity index (χ4v) is 19.0. The van der Waals surface area contributed by atoms with Crippen LogP contribution < -0.4 is 27.0 Å². The summed E-state index contributed by atoms with van der Waals surface area (Å²) in [6, 6.07) is 62.0. The van der Waals surface area contributed by atoms with Crippen LogP contribution in [0, 0.1) is 50.0 Å². The maximum Gasteiger partial charge on any atom is 0.490 e. The predicted octanol–water partition coefficient (Wildman–Crippen LogP) is 26.5. The number of carbonyl (C=O) groups is 5. The molecule has 33 heteroatoms. The van der Waals surface area contributed by atoms with Crippen LogP contribution >= 0.6 is 11.6 Å². The number of carbonyl (C=O) groups excluding carboxylic acids is 4. The Morgan fingerprint density at radius 1 is 0.395 bits per heavy atom. The molecule has 0 bridgehead atoms. The van der Waals surface area contributed by atoms with Crippen molar-refractivity contribution in [3.63, 3.8) is 0 Å². The average Bonchev–Trinajstić information content (AvgIpc) is 1.66. The quantitative estimate of drug-likeness (QED) is 0.0214. The highest BCUT2D eigenvalue weighted by molar-refractivity contribution is 6.33. The molecule has 4 aliphatic rings. The van der Waals surface area contributed by atoms with Gasteiger partial charge in [0.15, 0.2) is 22.7 Å². The first kappa shape index (κ1) is 105. The van der Waals surface area contributed by atoms with Gasteiger partial charge in [0.2, 0.25) is 0 Å². The molecule has 0 spiro atoms. The summed E-state index contributed by atoms with van der Waals surface area (Å²) >= 11 is 6.47. The van der Waals surface area contributed by atoms with Crippen molar-refractivity contribution >= 4 is 125 Å². The van der Waals surface area contributed by atoms with Crippen LogP contribution in [0.5, 0.6) is 0 Å². The summed E-state index contributed by atoms with van der Waals surface area (Å²) < 4.78 is 61.3. The van der Waals surface area contributed by atoms with E-state index < -0.39 is 35.5 Å². The molecular weight excluding hydrogens is 1890 g/mol. The number of likely N-dealkylation sites (tertiary alicyclic amines) is 2. The summed E-state index contributed by atoms with van der Waals surface area (Å²) in [5, 5.41) is 24.3. The SMILES string of the molecule is O=C(O)C(F)(F)F.[C-]#[N+]c1ccc(-c2c(-c3ccc(N)cc3)ncc3c2ccn3CC2CCN(C(=O)OC(C)(C)C)CC2)cc1.[C-]#[N+]c1ccc(-c2c(-c3ccc(NC(=O)OC)cc3)ncc3c2ccn3CC2CCNCC2)cc1.[C-]#[N+]c1ccc(-c2c(-c3ccc(NC(=O)OC)cc3)ncc3c2ccn3CC2CCNCC2)cc1.[C-]#[N+]c1ccc(-c2c(Cl)ncc3c2ccn3CC2CCN(C(=O)OC(C)(C)C)CC2)cc1. The summed E-state index contributed by atoms with van der Waals surface area (Å²) in [5.74, 6) is -0.512. The molecule has 4 amide bonds. The molecule has 4 fully saturated rings. The van der Waals surface area contributed by atoms with Crippen molar-refractivity contribution in [1.82, 2.24) is 58.6 Å². The number of hydrogen-bond acceptors (Lipinski definition) is 16. The smallest absolute Gasteiger partial charge is 0.475 e. The normalized spacial score (nSPS) is 14.2. The first-order valence-electron chi connectivity index (χ1n) is 48.7. The van der Waals surface area contributed by atoms with Crippen LogP contribution in [0.25, 0.3) is 141 Å². The molecule has 19 rings (SSSR count). The van der Waals surface area contributed by atoms with Gasteiger partial charge in [-0.25, -0.2) is 48.3 Å². The maximum absolute atomic E-state index is 12.5. The largest absolute Gasteiger partial charge is 0.490 e. The Labute approximate surface area is 856 Å². The fraction of sp³-hybridized carbons (Fsp3) is 0.307. The topological polar surface area (TPSA) is 312 Å². The number of hydrogen-bond donors (Lipinski definition) is 6. The number of piperidine rings is 4. The van der Waals surface area contributed by atoms with E-state index in [1.165, 1.54) is 39.9 Å². The lowest BCUT2D eigenvalue weighted by atomic mass is 9.95. The molecule has 4 aliphatic heterocycles. The number of aliphatic carboxylic acids is 1. The molecule has 0 radical (unpaired) electrons. The number of halogens is 4. The van der Waals surface area contributed by atoms with Gasteiger partial charge in [-0.3, -0.25) is 25.6 Å². The second kappa shape index (κ2) is 47.4. The number of ether oxygens (including phenoxy) is 4. The van der Waals surface area contributed by atoms with E-state index in [2.05, 4.69) is 122 Å². The fourth-order valence-electron chi connectivity index (χ4n) is 18.8. The zero-order valence-electron chi connectivity index (χ0n) is 83.0. The van der Waals surface area contributed by atoms with Gasteiger partial charge in [-0.2, -0.15) is 13.2 Å². The monoisotopic (exact) mass is 2000 g/mol. The van der Waals surface area contributed by atoms with Gasteiger partial charge in [-0.05, 0) is 226 Å². The maximum atomic E-state index is 12.5. The second-order valence-electron chi connectivity index (χ2n) is 38.6. The van der Waals surface area contributed by atoms with Gasteiger partial charge in [0.05, 0.1) is 104 Å². The van der Waals surface area contributed by atoms with Crippen molar-refractivity contribution in [2.24, 2.45) is 23.7 Å². The number of nitrogens with zero attached hydrogens (tertiary/aromatic N) is 14. The summed E-state index contributed by atoms with van der Waals surface area (Å²) in [6.45, 7) is 51.3. The molecular formula is C114H115ClF3N19O10. The minimum atomic E-state index is -5.08. The molecule has 8 aromatic heterocycles. The number of fused-ring (bicyclic) bond motifs is 4. The van der Waals surface area contributed by atoms with Crippen LogP contribution in [0.3, 0.4) is 0 Å². The lowest BCUT2D eigenvalue weighted by molar-refractivity contribution is -0.192. The van der Waals surface area contributed by atoms with Crippen LogP contribution in [0.15, 0.2) is 244 Å². The highest BCUT2D eigenvalue weighted by Gasteiger charge is 2.39. The number of aromatic nitrogens is 8. The molecule has 7 aromatic carbocycles. The van der Waals surface area contributed by atoms with Crippen molar-refractivity contribution in [2.45, 2.75) is 136 Å². The molecule has 0 aliphatic carbocycles. The highest BCUT2D eigenvalue weighted by atomic mass is 35.5. The first-order valence-corrected chi connectivity index (χ1v) is 49.0. The van der Waals surface area contributed by atoms with Crippen LogP contribution in [-0.2, 0) is 49.9 Å². The standard InChI is InChI=1S/C31H33N5O2.2C28H27N5O2.C25H27ClN4O2.C2HF3O2/c1-31(2,3)38-30(37)35-16-13-21(14-17-35)20-36-18-15-26-27(36)19-34-29(23-5-9-24(32)10-6-23)28(26)22-7-11-25(33-4)12-8-22;2*1-29-22-7-3-20(4-8-22)26-24-13-16-33(18-19-11-14-30-15-12-19)25(24)17-31-27(26)21-5-9-23(10-6-21)32-28(34)35-2;1-25(2,3)32-24(31)29-12-9-17(10-13-29)16-30-14-11-20-21(30)15-28-23(26)22(20)18-5-7-19(27-4)8-6-18;3-2(4,5)1(6)7/h5-12,15,18-19,21H,13-14,16-17,20,32H2,1-3H3;2*3-10,13,16-17,19,30H,11-12,14-15,18H2,2H3,(H,32,34);5-8,11,14-15,17H,9-10,12-13,16H2,1-3H3;(H,6,7). The van der Waals surface area contributed by atoms with Gasteiger partial charge in [0.1, 0.15) is 16.4 Å². The zero-order valence-corrected chi connectivity index (χ0v) is 83.8. The number of anilines is 3. The van der Waals surface area contributed by atoms with Gasteiger partial charge >= 0.3 is 36.5 Å². The second-order valence-corrected chi connectivity index (χ2v) is 39.0. The van der Waals surface area contributed by atoms with Crippen molar-refractivity contribution in [3.05, 3.63) is 295 Å². The number of nitrogens with two attached hydrogens (primary N) is 1. The van der Waals surface area contributed by atoms with E-state index in [1.807, 2.05) is 234 Å². The third-order valence-corrected chi connectivity index (χ3v) is 26.6. The van der Waals surface area contributed by atoms with E-state index in [4.69, 9.17) is 77.9 Å². The van der Waals surface area contributed by atoms with Gasteiger partial charge in [-0.1, -0.05) is 145 Å². The third kappa shape index (κ3) is 26.6. The van der Waals surface area contributed by atoms with Crippen molar-refractivity contribution in [2.75, 3.05) is 82.9 Å². The van der Waals surface area contributed by atoms with Gasteiger partial charge in [0.25, 0.3) is 0 Å². The number of rotatable bonds is 17. The Morgan fingerprint density at radius 2 is 0.646 bits per heavy atom. The van der Waals surface area contributed by atoms with Gasteiger partial charge < -0.3 is 68.5 Å². The van der Waals surface area contributed by atoms with Crippen LogP contribution in [0.1, 0.15) is 92.9 Å². The molecule has 4 saturated heterocycles. The predicted molar refractivity (Wildman–Crippen MR) is 569 cm³/mol. The number of pyridine rings is 4. The minimum absolute atomic E-state index is 0.226. The number of nitrogens with one attached hydrogen (secondary N) is 4. The molecule has 0 unspecified atom stereocenters. The Bertz CT molecular complexity index is 7150. The van der Waals surface area contributed by atoms with E-state index in [-0.39, 0.29) is 12.2 Å². The summed E-state index contributed by atoms with van der Waals surface area (Å²) in [7, 11) is 2.68. The Hall–Kier alpha value is -16.4. The number of carboxylic acids is 1. The van der Waals surface area contributed by atoms with Gasteiger partial charge in [0, 0.05) is 155 Å². The van der Waals surface area contributed by atoms with Crippen molar-refractivity contribution < 1.29 is 61.2 Å².